The predicted molar refractivity (Wildman–Crippen MR) is 57.9 cm³/mol. The van der Waals surface area contributed by atoms with Crippen LogP contribution in [0.1, 0.15) is 5.69 Å². The van der Waals surface area contributed by atoms with E-state index >= 15 is 0 Å². The molecule has 0 amide bonds. The largest absolute Gasteiger partial charge is 0.504 e. The molecule has 0 aliphatic heterocycles. The molecule has 0 aromatic carbocycles. The van der Waals surface area contributed by atoms with Crippen LogP contribution in [0.3, 0.4) is 0 Å². The monoisotopic (exact) mass is 292 g/mol. The van der Waals surface area contributed by atoms with Crippen LogP contribution in [0.15, 0.2) is 23.9 Å². The summed E-state index contributed by atoms with van der Waals surface area (Å²) in [6.45, 7) is 0. The minimum atomic E-state index is -4.77. The highest BCUT2D eigenvalue weighted by Crippen LogP contribution is 2.31. The Labute approximate surface area is 109 Å². The summed E-state index contributed by atoms with van der Waals surface area (Å²) in [5, 5.41) is 28.2. The number of alkyl halides is 3. The van der Waals surface area contributed by atoms with Crippen molar-refractivity contribution in [3.63, 3.8) is 0 Å². The molecule has 10 heteroatoms. The van der Waals surface area contributed by atoms with E-state index in [-0.39, 0.29) is 0 Å². The lowest BCUT2D eigenvalue weighted by atomic mass is 10.3. The lowest BCUT2D eigenvalue weighted by Gasteiger charge is -2.09. The van der Waals surface area contributed by atoms with Crippen molar-refractivity contribution in [2.75, 3.05) is 5.32 Å². The summed E-state index contributed by atoms with van der Waals surface area (Å²) in [5.74, 6) is -5.04. The molecule has 0 radical (unpaired) electrons. The topological polar surface area (TPSA) is 120 Å². The van der Waals surface area contributed by atoms with Crippen LogP contribution in [0, 0.1) is 0 Å². The maximum Gasteiger partial charge on any atom is 0.433 e. The number of halogens is 3. The molecular weight excluding hydrogens is 285 g/mol. The number of hydrogen-bond donors (Lipinski definition) is 4. The number of hydrogen-bond acceptors (Lipinski definition) is 5. The van der Waals surface area contributed by atoms with Gasteiger partial charge < -0.3 is 20.6 Å². The first-order chi connectivity index (χ1) is 9.12. The predicted octanol–water partition coefficient (Wildman–Crippen LogP) is 1.27. The van der Waals surface area contributed by atoms with Crippen molar-refractivity contribution in [1.82, 2.24) is 4.98 Å². The zero-order valence-electron chi connectivity index (χ0n) is 9.47. The first-order valence-corrected chi connectivity index (χ1v) is 4.83. The van der Waals surface area contributed by atoms with Gasteiger partial charge in [-0.3, -0.25) is 0 Å². The highest BCUT2D eigenvalue weighted by Gasteiger charge is 2.33. The molecule has 0 spiro atoms. The van der Waals surface area contributed by atoms with Gasteiger partial charge in [0.05, 0.1) is 0 Å². The van der Waals surface area contributed by atoms with Crippen molar-refractivity contribution in [3.05, 3.63) is 29.6 Å². The summed E-state index contributed by atoms with van der Waals surface area (Å²) in [6.07, 6.45) is -4.36. The van der Waals surface area contributed by atoms with Crippen molar-refractivity contribution in [1.29, 1.82) is 0 Å². The highest BCUT2D eigenvalue weighted by molar-refractivity contribution is 6.12. The molecule has 108 valence electrons. The Balaban J connectivity index is 3.12. The molecule has 7 nitrogen and oxygen atoms in total. The van der Waals surface area contributed by atoms with Crippen molar-refractivity contribution < 1.29 is 38.1 Å². The first kappa shape index (κ1) is 15.3. The van der Waals surface area contributed by atoms with E-state index < -0.39 is 40.9 Å². The Morgan fingerprint density at radius 1 is 1.20 bits per heavy atom. The van der Waals surface area contributed by atoms with Crippen LogP contribution < -0.4 is 5.32 Å². The molecule has 0 atom stereocenters. The van der Waals surface area contributed by atoms with Gasteiger partial charge in [-0.1, -0.05) is 0 Å². The van der Waals surface area contributed by atoms with Crippen LogP contribution in [-0.2, 0) is 15.8 Å². The molecule has 1 rings (SSSR count). The van der Waals surface area contributed by atoms with Crippen molar-refractivity contribution in [2.24, 2.45) is 0 Å². The quantitative estimate of drug-likeness (QED) is 0.374. The van der Waals surface area contributed by atoms with Gasteiger partial charge in [0.25, 0.3) is 0 Å². The zero-order valence-corrected chi connectivity index (χ0v) is 9.47. The third-order valence-electron chi connectivity index (χ3n) is 1.98. The van der Waals surface area contributed by atoms with Crippen LogP contribution in [0.4, 0.5) is 19.0 Å². The number of anilines is 1. The van der Waals surface area contributed by atoms with Gasteiger partial charge in [0.2, 0.25) is 0 Å². The standard InChI is InChI=1S/C10H7F3N2O5/c11-10(12,13)6-2-1-5(16)7(15-6)14-3-4(8(17)18)9(19)20/h1-3,16H,(H,14,15)(H,17,18)(H,19,20). The van der Waals surface area contributed by atoms with E-state index in [2.05, 4.69) is 4.98 Å². The van der Waals surface area contributed by atoms with Gasteiger partial charge in [-0.15, -0.1) is 0 Å². The maximum absolute atomic E-state index is 12.4. The van der Waals surface area contributed by atoms with Crippen LogP contribution in [0.2, 0.25) is 0 Å². The van der Waals surface area contributed by atoms with Crippen molar-refractivity contribution in [3.8, 4) is 5.75 Å². The normalized spacial score (nSPS) is 10.8. The van der Waals surface area contributed by atoms with Gasteiger partial charge in [0.15, 0.2) is 17.1 Å². The second kappa shape index (κ2) is 5.47. The van der Waals surface area contributed by atoms with E-state index in [0.717, 1.165) is 0 Å². The average molecular weight is 292 g/mol. The number of pyridine rings is 1. The number of carbonyl (C=O) groups is 2. The molecule has 0 fully saturated rings. The van der Waals surface area contributed by atoms with E-state index in [0.29, 0.717) is 18.3 Å². The Kier molecular flexibility index (Phi) is 4.17. The molecule has 4 N–H and O–H groups in total. The van der Waals surface area contributed by atoms with Crippen LogP contribution in [0.5, 0.6) is 5.75 Å². The summed E-state index contributed by atoms with van der Waals surface area (Å²) < 4.78 is 37.1. The van der Waals surface area contributed by atoms with Gasteiger partial charge in [0, 0.05) is 6.20 Å². The van der Waals surface area contributed by atoms with Gasteiger partial charge in [-0.05, 0) is 12.1 Å². The Hall–Kier alpha value is -2.78. The van der Waals surface area contributed by atoms with Crippen LogP contribution in [0.25, 0.3) is 0 Å². The fourth-order valence-corrected chi connectivity index (χ4v) is 1.07. The van der Waals surface area contributed by atoms with Crippen LogP contribution in [-0.4, -0.2) is 32.2 Å². The molecule has 20 heavy (non-hydrogen) atoms. The van der Waals surface area contributed by atoms with Crippen molar-refractivity contribution in [2.45, 2.75) is 6.18 Å². The SMILES string of the molecule is O=C(O)C(=CNc1nc(C(F)(F)F)ccc1O)C(=O)O. The second-order valence-electron chi connectivity index (χ2n) is 3.37. The van der Waals surface area contributed by atoms with E-state index in [1.54, 1.807) is 0 Å². The second-order valence-corrected chi connectivity index (χ2v) is 3.37. The third-order valence-corrected chi connectivity index (χ3v) is 1.98. The molecular formula is C10H7F3N2O5. The fraction of sp³-hybridized carbons (Fsp3) is 0.100. The number of rotatable bonds is 4. The number of aromatic nitrogens is 1. The maximum atomic E-state index is 12.4. The number of carboxylic acids is 2. The number of nitrogens with zero attached hydrogens (tertiary/aromatic N) is 1. The molecule has 1 heterocycles. The minimum Gasteiger partial charge on any atom is -0.504 e. The van der Waals surface area contributed by atoms with E-state index in [9.17, 15) is 27.9 Å². The smallest absolute Gasteiger partial charge is 0.433 e. The summed E-state index contributed by atoms with van der Waals surface area (Å²) >= 11 is 0. The van der Waals surface area contributed by atoms with Crippen molar-refractivity contribution >= 4 is 17.8 Å². The van der Waals surface area contributed by atoms with E-state index in [4.69, 9.17) is 10.2 Å². The molecule has 1 aromatic rings. The number of nitrogens with one attached hydrogen (secondary N) is 1. The zero-order chi connectivity index (χ0) is 15.5. The Morgan fingerprint density at radius 2 is 1.75 bits per heavy atom. The molecule has 0 bridgehead atoms. The van der Waals surface area contributed by atoms with Gasteiger partial charge in [0.1, 0.15) is 5.69 Å². The summed E-state index contributed by atoms with van der Waals surface area (Å²) in [5.41, 5.74) is -2.47. The fourth-order valence-electron chi connectivity index (χ4n) is 1.07. The average Bonchev–Trinajstić information content (AvgIpc) is 2.29. The molecule has 0 saturated carbocycles. The first-order valence-electron chi connectivity index (χ1n) is 4.83. The van der Waals surface area contributed by atoms with E-state index in [1.807, 2.05) is 5.32 Å². The van der Waals surface area contributed by atoms with Gasteiger partial charge >= 0.3 is 18.1 Å². The molecule has 0 aliphatic carbocycles. The summed E-state index contributed by atoms with van der Waals surface area (Å²) in [6, 6.07) is 1.20. The van der Waals surface area contributed by atoms with E-state index in [1.165, 1.54) is 0 Å². The Bertz CT molecular complexity index is 567. The Morgan fingerprint density at radius 3 is 2.20 bits per heavy atom. The highest BCUT2D eigenvalue weighted by atomic mass is 19.4. The lowest BCUT2D eigenvalue weighted by Crippen LogP contribution is -2.14. The number of aliphatic carboxylic acids is 2. The number of carboxylic acid groups (broad SMARTS) is 2. The minimum absolute atomic E-state index is 0.410. The third kappa shape index (κ3) is 3.60. The number of aromatic hydroxyl groups is 1. The van der Waals surface area contributed by atoms with Crippen LogP contribution >= 0.6 is 0 Å². The summed E-state index contributed by atoms with van der Waals surface area (Å²) in [7, 11) is 0. The van der Waals surface area contributed by atoms with Gasteiger partial charge in [-0.25, -0.2) is 14.6 Å². The lowest BCUT2D eigenvalue weighted by molar-refractivity contribution is -0.142. The molecule has 1 aromatic heterocycles. The molecule has 0 saturated heterocycles. The summed E-state index contributed by atoms with van der Waals surface area (Å²) in [4.78, 5) is 24.1. The molecule has 0 unspecified atom stereocenters. The van der Waals surface area contributed by atoms with Gasteiger partial charge in [-0.2, -0.15) is 13.2 Å². The molecule has 0 aliphatic rings.